The van der Waals surface area contributed by atoms with Crippen molar-refractivity contribution in [2.75, 3.05) is 49.6 Å². The molecule has 0 spiro atoms. The van der Waals surface area contributed by atoms with Crippen LogP contribution < -0.4 is 10.2 Å². The Morgan fingerprint density at radius 3 is 2.30 bits per heavy atom. The normalized spacial score (nSPS) is 17.6. The monoisotopic (exact) mass is 367 g/mol. The standard InChI is InChI=1S/C20H25N5O2/c26-20(25-12-14-27-15-13-25)18-8-9-19(23-22-18)21-16-4-6-17(7-5-16)24-10-2-1-3-11-24/h4-9H,1-3,10-15H2,(H,21,23). The van der Waals surface area contributed by atoms with Gasteiger partial charge >= 0.3 is 0 Å². The third-order valence-electron chi connectivity index (χ3n) is 5.04. The summed E-state index contributed by atoms with van der Waals surface area (Å²) in [6.07, 6.45) is 3.87. The van der Waals surface area contributed by atoms with Gasteiger partial charge in [0.25, 0.3) is 5.91 Å². The van der Waals surface area contributed by atoms with Gasteiger partial charge < -0.3 is 19.9 Å². The van der Waals surface area contributed by atoms with Gasteiger partial charge in [0, 0.05) is 37.6 Å². The maximum atomic E-state index is 12.4. The fourth-order valence-corrected chi connectivity index (χ4v) is 3.50. The highest BCUT2D eigenvalue weighted by Crippen LogP contribution is 2.23. The molecule has 1 amide bonds. The van der Waals surface area contributed by atoms with Crippen molar-refractivity contribution in [1.82, 2.24) is 15.1 Å². The molecule has 142 valence electrons. The Kier molecular flexibility index (Phi) is 5.48. The van der Waals surface area contributed by atoms with E-state index < -0.39 is 0 Å². The predicted molar refractivity (Wildman–Crippen MR) is 105 cm³/mol. The zero-order valence-electron chi connectivity index (χ0n) is 15.4. The summed E-state index contributed by atoms with van der Waals surface area (Å²) in [4.78, 5) is 16.6. The summed E-state index contributed by atoms with van der Waals surface area (Å²) in [7, 11) is 0. The quantitative estimate of drug-likeness (QED) is 0.896. The molecule has 0 saturated carbocycles. The summed E-state index contributed by atoms with van der Waals surface area (Å²) in [5.41, 5.74) is 2.58. The van der Waals surface area contributed by atoms with E-state index in [0.717, 1.165) is 18.8 Å². The van der Waals surface area contributed by atoms with E-state index in [2.05, 4.69) is 44.7 Å². The summed E-state index contributed by atoms with van der Waals surface area (Å²) < 4.78 is 5.28. The van der Waals surface area contributed by atoms with E-state index in [0.29, 0.717) is 37.8 Å². The second-order valence-corrected chi connectivity index (χ2v) is 6.93. The number of carbonyl (C=O) groups excluding carboxylic acids is 1. The molecule has 2 aromatic rings. The molecular weight excluding hydrogens is 342 g/mol. The number of carbonyl (C=O) groups is 1. The fraction of sp³-hybridized carbons (Fsp3) is 0.450. The Labute approximate surface area is 159 Å². The number of rotatable bonds is 4. The van der Waals surface area contributed by atoms with Crippen LogP contribution in [0.1, 0.15) is 29.8 Å². The SMILES string of the molecule is O=C(c1ccc(Nc2ccc(N3CCCCC3)cc2)nn1)N1CCOCC1. The minimum absolute atomic E-state index is 0.0942. The first kappa shape index (κ1) is 17.7. The molecule has 0 radical (unpaired) electrons. The van der Waals surface area contributed by atoms with E-state index in [4.69, 9.17) is 4.74 Å². The number of hydrogen-bond acceptors (Lipinski definition) is 6. The number of ether oxygens (including phenoxy) is 1. The van der Waals surface area contributed by atoms with Crippen molar-refractivity contribution in [3.63, 3.8) is 0 Å². The average Bonchev–Trinajstić information content (AvgIpc) is 2.76. The maximum absolute atomic E-state index is 12.4. The fourth-order valence-electron chi connectivity index (χ4n) is 3.50. The number of nitrogens with zero attached hydrogens (tertiary/aromatic N) is 4. The van der Waals surface area contributed by atoms with Crippen LogP contribution in [0.25, 0.3) is 0 Å². The Bertz CT molecular complexity index is 751. The minimum Gasteiger partial charge on any atom is -0.378 e. The van der Waals surface area contributed by atoms with Gasteiger partial charge in [-0.3, -0.25) is 4.79 Å². The molecule has 2 aliphatic heterocycles. The van der Waals surface area contributed by atoms with Crippen LogP contribution in [0.5, 0.6) is 0 Å². The number of anilines is 3. The van der Waals surface area contributed by atoms with Gasteiger partial charge in [-0.2, -0.15) is 0 Å². The van der Waals surface area contributed by atoms with Crippen LogP contribution >= 0.6 is 0 Å². The van der Waals surface area contributed by atoms with Crippen molar-refractivity contribution in [3.8, 4) is 0 Å². The summed E-state index contributed by atoms with van der Waals surface area (Å²) in [6, 6.07) is 11.9. The first-order valence-corrected chi connectivity index (χ1v) is 9.62. The molecule has 1 aromatic heterocycles. The molecule has 0 aliphatic carbocycles. The van der Waals surface area contributed by atoms with Gasteiger partial charge in [-0.1, -0.05) is 0 Å². The van der Waals surface area contributed by atoms with Crippen molar-refractivity contribution in [3.05, 3.63) is 42.1 Å². The van der Waals surface area contributed by atoms with E-state index in [1.165, 1.54) is 24.9 Å². The largest absolute Gasteiger partial charge is 0.378 e. The lowest BCUT2D eigenvalue weighted by atomic mass is 10.1. The van der Waals surface area contributed by atoms with Gasteiger partial charge in [-0.15, -0.1) is 10.2 Å². The number of aromatic nitrogens is 2. The molecule has 27 heavy (non-hydrogen) atoms. The van der Waals surface area contributed by atoms with Gasteiger partial charge in [-0.05, 0) is 55.7 Å². The van der Waals surface area contributed by atoms with E-state index in [1.54, 1.807) is 17.0 Å². The number of nitrogens with one attached hydrogen (secondary N) is 1. The summed E-state index contributed by atoms with van der Waals surface area (Å²) in [5.74, 6) is 0.530. The molecule has 2 saturated heterocycles. The summed E-state index contributed by atoms with van der Waals surface area (Å²) in [5, 5.41) is 11.5. The molecule has 0 unspecified atom stereocenters. The summed E-state index contributed by atoms with van der Waals surface area (Å²) >= 11 is 0. The van der Waals surface area contributed by atoms with Gasteiger partial charge in [0.1, 0.15) is 0 Å². The highest BCUT2D eigenvalue weighted by atomic mass is 16.5. The van der Waals surface area contributed by atoms with Gasteiger partial charge in [0.15, 0.2) is 11.5 Å². The number of hydrogen-bond donors (Lipinski definition) is 1. The summed E-state index contributed by atoms with van der Waals surface area (Å²) in [6.45, 7) is 4.62. The molecule has 0 atom stereocenters. The van der Waals surface area contributed by atoms with Crippen LogP contribution in [0.3, 0.4) is 0 Å². The van der Waals surface area contributed by atoms with Crippen molar-refractivity contribution < 1.29 is 9.53 Å². The van der Waals surface area contributed by atoms with Crippen LogP contribution in [0.4, 0.5) is 17.2 Å². The molecule has 3 heterocycles. The van der Waals surface area contributed by atoms with Crippen molar-refractivity contribution >= 4 is 23.1 Å². The van der Waals surface area contributed by atoms with E-state index >= 15 is 0 Å². The second-order valence-electron chi connectivity index (χ2n) is 6.93. The van der Waals surface area contributed by atoms with Crippen LogP contribution in [0, 0.1) is 0 Å². The van der Waals surface area contributed by atoms with Crippen molar-refractivity contribution in [2.24, 2.45) is 0 Å². The van der Waals surface area contributed by atoms with Gasteiger partial charge in [0.2, 0.25) is 0 Å². The predicted octanol–water partition coefficient (Wildman–Crippen LogP) is 2.68. The molecule has 1 aromatic carbocycles. The number of piperidine rings is 1. The number of amides is 1. The van der Waals surface area contributed by atoms with E-state index in [1.807, 2.05) is 0 Å². The average molecular weight is 367 g/mol. The van der Waals surface area contributed by atoms with E-state index in [9.17, 15) is 4.79 Å². The van der Waals surface area contributed by atoms with Crippen molar-refractivity contribution in [2.45, 2.75) is 19.3 Å². The molecule has 1 N–H and O–H groups in total. The molecule has 7 heteroatoms. The second kappa shape index (κ2) is 8.35. The van der Waals surface area contributed by atoms with Gasteiger partial charge in [-0.25, -0.2) is 0 Å². The zero-order valence-corrected chi connectivity index (χ0v) is 15.4. The van der Waals surface area contributed by atoms with E-state index in [-0.39, 0.29) is 5.91 Å². The van der Waals surface area contributed by atoms with Gasteiger partial charge in [0.05, 0.1) is 13.2 Å². The molecular formula is C20H25N5O2. The molecule has 2 fully saturated rings. The molecule has 0 bridgehead atoms. The Morgan fingerprint density at radius 2 is 1.63 bits per heavy atom. The van der Waals surface area contributed by atoms with Crippen LogP contribution in [-0.2, 0) is 4.74 Å². The molecule has 7 nitrogen and oxygen atoms in total. The van der Waals surface area contributed by atoms with Crippen LogP contribution in [0.15, 0.2) is 36.4 Å². The lowest BCUT2D eigenvalue weighted by Crippen LogP contribution is -2.41. The first-order chi connectivity index (χ1) is 13.3. The molecule has 4 rings (SSSR count). The highest BCUT2D eigenvalue weighted by molar-refractivity contribution is 5.92. The number of benzene rings is 1. The number of morpholine rings is 1. The Balaban J connectivity index is 1.37. The smallest absolute Gasteiger partial charge is 0.274 e. The lowest BCUT2D eigenvalue weighted by Gasteiger charge is -2.28. The van der Waals surface area contributed by atoms with Crippen LogP contribution in [-0.4, -0.2) is 60.4 Å². The lowest BCUT2D eigenvalue weighted by molar-refractivity contribution is 0.0298. The first-order valence-electron chi connectivity index (χ1n) is 9.62. The Hall–Kier alpha value is -2.67. The van der Waals surface area contributed by atoms with Crippen molar-refractivity contribution in [1.29, 1.82) is 0 Å². The maximum Gasteiger partial charge on any atom is 0.274 e. The van der Waals surface area contributed by atoms with Crippen LogP contribution in [0.2, 0.25) is 0 Å². The minimum atomic E-state index is -0.0942. The zero-order chi connectivity index (χ0) is 18.5. The Morgan fingerprint density at radius 1 is 0.889 bits per heavy atom. The highest BCUT2D eigenvalue weighted by Gasteiger charge is 2.20. The third-order valence-corrected chi connectivity index (χ3v) is 5.04. The molecule has 2 aliphatic rings. The topological polar surface area (TPSA) is 70.6 Å². The third kappa shape index (κ3) is 4.36.